The van der Waals surface area contributed by atoms with E-state index in [-0.39, 0.29) is 11.1 Å². The number of aromatic nitrogens is 2. The van der Waals surface area contributed by atoms with Crippen molar-refractivity contribution in [1.82, 2.24) is 9.55 Å². The maximum Gasteiger partial charge on any atom is 0.178 e. The maximum atomic E-state index is 13.7. The number of rotatable bonds is 2. The first-order valence-corrected chi connectivity index (χ1v) is 7.80. The highest BCUT2D eigenvalue weighted by Crippen LogP contribution is 2.32. The van der Waals surface area contributed by atoms with Gasteiger partial charge in [-0.2, -0.15) is 0 Å². The lowest BCUT2D eigenvalue weighted by molar-refractivity contribution is 0.624. The van der Waals surface area contributed by atoms with Crippen LogP contribution < -0.4 is 0 Å². The van der Waals surface area contributed by atoms with Gasteiger partial charge in [0.05, 0.1) is 26.4 Å². The summed E-state index contributed by atoms with van der Waals surface area (Å²) in [6.07, 6.45) is 0. The normalized spacial score (nSPS) is 13.0. The molecule has 3 rings (SSSR count). The summed E-state index contributed by atoms with van der Waals surface area (Å²) in [5.41, 5.74) is 1.41. The molecule has 0 bridgehead atoms. The van der Waals surface area contributed by atoms with Gasteiger partial charge in [0.1, 0.15) is 5.82 Å². The van der Waals surface area contributed by atoms with E-state index >= 15 is 0 Å². The molecule has 0 aliphatic rings. The van der Waals surface area contributed by atoms with Crippen LogP contribution in [0, 0.1) is 10.6 Å². The topological polar surface area (TPSA) is 20.7 Å². The van der Waals surface area contributed by atoms with E-state index in [0.717, 1.165) is 10.4 Å². The van der Waals surface area contributed by atoms with E-state index in [1.165, 1.54) is 17.4 Å². The van der Waals surface area contributed by atoms with Gasteiger partial charge in [-0.25, -0.2) is 4.39 Å². The summed E-state index contributed by atoms with van der Waals surface area (Å²) in [6.45, 7) is 2.00. The van der Waals surface area contributed by atoms with Gasteiger partial charge in [0.15, 0.2) is 4.77 Å². The van der Waals surface area contributed by atoms with Gasteiger partial charge < -0.3 is 9.55 Å². The van der Waals surface area contributed by atoms with E-state index in [0.29, 0.717) is 14.6 Å². The minimum absolute atomic E-state index is 0.0330. The van der Waals surface area contributed by atoms with Gasteiger partial charge in [0.2, 0.25) is 0 Å². The Morgan fingerprint density at radius 1 is 1.35 bits per heavy atom. The first-order chi connectivity index (χ1) is 9.47. The predicted molar refractivity (Wildman–Crippen MR) is 85.2 cm³/mol. The first kappa shape index (κ1) is 14.1. The third-order valence-corrected chi connectivity index (χ3v) is 5.14. The molecule has 0 aliphatic carbocycles. The number of H-pyrrole nitrogens is 1. The highest BCUT2D eigenvalue weighted by atomic mass is 35.5. The van der Waals surface area contributed by atoms with Gasteiger partial charge in [-0.15, -0.1) is 11.3 Å². The van der Waals surface area contributed by atoms with Gasteiger partial charge >= 0.3 is 0 Å². The molecule has 1 atom stereocenters. The van der Waals surface area contributed by atoms with Gasteiger partial charge in [0, 0.05) is 10.9 Å². The van der Waals surface area contributed by atoms with Crippen LogP contribution in [0.25, 0.3) is 11.0 Å². The van der Waals surface area contributed by atoms with E-state index in [1.807, 2.05) is 23.6 Å². The van der Waals surface area contributed by atoms with Crippen LogP contribution in [0.15, 0.2) is 24.3 Å². The molecular formula is C13H9Cl2FN2S2. The maximum absolute atomic E-state index is 13.7. The van der Waals surface area contributed by atoms with Gasteiger partial charge in [-0.1, -0.05) is 23.2 Å². The Bertz CT molecular complexity index is 850. The molecule has 0 saturated heterocycles. The molecule has 0 aliphatic heterocycles. The fourth-order valence-electron chi connectivity index (χ4n) is 2.19. The summed E-state index contributed by atoms with van der Waals surface area (Å²) in [4.78, 5) is 4.11. The molecule has 2 aromatic heterocycles. The summed E-state index contributed by atoms with van der Waals surface area (Å²) >= 11 is 18.6. The van der Waals surface area contributed by atoms with Crippen molar-refractivity contribution in [2.45, 2.75) is 13.0 Å². The van der Waals surface area contributed by atoms with Gasteiger partial charge in [0.25, 0.3) is 0 Å². The second-order valence-electron chi connectivity index (χ2n) is 4.40. The second-order valence-corrected chi connectivity index (χ2v) is 6.94. The molecular weight excluding hydrogens is 338 g/mol. The summed E-state index contributed by atoms with van der Waals surface area (Å²) in [5, 5.41) is 0.0766. The summed E-state index contributed by atoms with van der Waals surface area (Å²) in [6, 6.07) is 6.70. The molecule has 0 radical (unpaired) electrons. The number of aromatic amines is 1. The molecule has 20 heavy (non-hydrogen) atoms. The zero-order valence-electron chi connectivity index (χ0n) is 10.3. The van der Waals surface area contributed by atoms with Crippen LogP contribution in [0.4, 0.5) is 4.39 Å². The number of benzene rings is 1. The van der Waals surface area contributed by atoms with Crippen molar-refractivity contribution in [3.05, 3.63) is 49.1 Å². The second kappa shape index (κ2) is 5.15. The number of thiophene rings is 1. The smallest absolute Gasteiger partial charge is 0.178 e. The van der Waals surface area contributed by atoms with E-state index in [4.69, 9.17) is 35.4 Å². The SMILES string of the molecule is CC(c1ccc(Cl)s1)n1c(=S)[nH]c2cc(Cl)c(F)cc21. The van der Waals surface area contributed by atoms with Crippen LogP contribution >= 0.6 is 46.8 Å². The van der Waals surface area contributed by atoms with Crippen LogP contribution in [0.1, 0.15) is 17.8 Å². The highest BCUT2D eigenvalue weighted by molar-refractivity contribution is 7.71. The fraction of sp³-hybridized carbons (Fsp3) is 0.154. The number of fused-ring (bicyclic) bond motifs is 1. The van der Waals surface area contributed by atoms with Gasteiger partial charge in [-0.05, 0) is 37.3 Å². The van der Waals surface area contributed by atoms with Crippen LogP contribution in [0.5, 0.6) is 0 Å². The van der Waals surface area contributed by atoms with Gasteiger partial charge in [-0.3, -0.25) is 0 Å². The van der Waals surface area contributed by atoms with Crippen LogP contribution in [0.3, 0.4) is 0 Å². The fourth-order valence-corrected chi connectivity index (χ4v) is 3.82. The summed E-state index contributed by atoms with van der Waals surface area (Å²) < 4.78 is 16.8. The molecule has 0 spiro atoms. The number of halogens is 3. The van der Waals surface area contributed by atoms with Crippen LogP contribution in [-0.4, -0.2) is 9.55 Å². The third kappa shape index (κ3) is 2.29. The largest absolute Gasteiger partial charge is 0.331 e. The molecule has 1 N–H and O–H groups in total. The van der Waals surface area contributed by atoms with E-state index in [9.17, 15) is 4.39 Å². The number of nitrogens with zero attached hydrogens (tertiary/aromatic N) is 1. The zero-order valence-corrected chi connectivity index (χ0v) is 13.4. The molecule has 0 fully saturated rings. The average molecular weight is 347 g/mol. The number of hydrogen-bond donors (Lipinski definition) is 1. The number of imidazole rings is 1. The Balaban J connectivity index is 2.23. The van der Waals surface area contributed by atoms with Crippen molar-refractivity contribution < 1.29 is 4.39 Å². The Kier molecular flexibility index (Phi) is 3.62. The molecule has 2 heterocycles. The Morgan fingerprint density at radius 2 is 2.10 bits per heavy atom. The Hall–Kier alpha value is -0.880. The van der Waals surface area contributed by atoms with Crippen molar-refractivity contribution in [1.29, 1.82) is 0 Å². The molecule has 3 aromatic rings. The van der Waals surface area contributed by atoms with Crippen molar-refractivity contribution in [2.24, 2.45) is 0 Å². The monoisotopic (exact) mass is 346 g/mol. The summed E-state index contributed by atoms with van der Waals surface area (Å²) in [5.74, 6) is -0.460. The number of nitrogens with one attached hydrogen (secondary N) is 1. The average Bonchev–Trinajstić information content (AvgIpc) is 2.93. The zero-order chi connectivity index (χ0) is 14.4. The number of hydrogen-bond acceptors (Lipinski definition) is 2. The molecule has 0 amide bonds. The van der Waals surface area contributed by atoms with E-state index < -0.39 is 5.82 Å². The van der Waals surface area contributed by atoms with Crippen molar-refractivity contribution in [3.63, 3.8) is 0 Å². The first-order valence-electron chi connectivity index (χ1n) is 5.82. The molecule has 104 valence electrons. The lowest BCUT2D eigenvalue weighted by atomic mass is 10.2. The Labute approximate surface area is 133 Å². The van der Waals surface area contributed by atoms with Crippen LogP contribution in [-0.2, 0) is 0 Å². The lowest BCUT2D eigenvalue weighted by Crippen LogP contribution is -2.05. The molecule has 2 nitrogen and oxygen atoms in total. The minimum Gasteiger partial charge on any atom is -0.331 e. The van der Waals surface area contributed by atoms with Crippen molar-refractivity contribution in [2.75, 3.05) is 0 Å². The minimum atomic E-state index is -0.460. The molecule has 1 unspecified atom stereocenters. The molecule has 1 aromatic carbocycles. The Morgan fingerprint density at radius 3 is 2.75 bits per heavy atom. The van der Waals surface area contributed by atoms with E-state index in [1.54, 1.807) is 6.07 Å². The van der Waals surface area contributed by atoms with E-state index in [2.05, 4.69) is 4.98 Å². The summed E-state index contributed by atoms with van der Waals surface area (Å²) in [7, 11) is 0. The van der Waals surface area contributed by atoms with Crippen molar-refractivity contribution >= 4 is 57.8 Å². The molecule has 0 saturated carbocycles. The standard InChI is InChI=1S/C13H9Cl2FN2S2/c1-6(11-2-3-12(15)20-11)18-10-5-8(16)7(14)4-9(10)17-13(18)19/h2-6H,1H3,(H,17,19). The lowest BCUT2D eigenvalue weighted by Gasteiger charge is -2.13. The third-order valence-electron chi connectivity index (χ3n) is 3.15. The van der Waals surface area contributed by atoms with Crippen molar-refractivity contribution in [3.8, 4) is 0 Å². The van der Waals surface area contributed by atoms with Crippen LogP contribution in [0.2, 0.25) is 9.36 Å². The molecule has 7 heteroatoms. The quantitative estimate of drug-likeness (QED) is 0.580. The highest BCUT2D eigenvalue weighted by Gasteiger charge is 2.16. The predicted octanol–water partition coefficient (Wildman–Crippen LogP) is 5.82.